The van der Waals surface area contributed by atoms with E-state index in [1.807, 2.05) is 0 Å². The van der Waals surface area contributed by atoms with Gasteiger partial charge in [-0.1, -0.05) is 11.6 Å². The summed E-state index contributed by atoms with van der Waals surface area (Å²) >= 11 is 5.73. The van der Waals surface area contributed by atoms with Gasteiger partial charge in [0.2, 0.25) is 11.5 Å². The van der Waals surface area contributed by atoms with Gasteiger partial charge in [0.1, 0.15) is 0 Å². The lowest BCUT2D eigenvalue weighted by Crippen LogP contribution is -2.52. The molecule has 1 aromatic carbocycles. The fourth-order valence-electron chi connectivity index (χ4n) is 1.39. The number of halogens is 4. The Labute approximate surface area is 145 Å². The quantitative estimate of drug-likeness (QED) is 0.559. The highest BCUT2D eigenvalue weighted by Crippen LogP contribution is 2.32. The van der Waals surface area contributed by atoms with E-state index < -0.39 is 50.1 Å². The lowest BCUT2D eigenvalue weighted by molar-refractivity contribution is -0.242. The van der Waals surface area contributed by atoms with E-state index in [-0.39, 0.29) is 12.6 Å². The van der Waals surface area contributed by atoms with Crippen LogP contribution in [0.25, 0.3) is 0 Å². The number of benzene rings is 1. The van der Waals surface area contributed by atoms with Crippen LogP contribution in [-0.4, -0.2) is 43.7 Å². The molecule has 0 fully saturated rings. The van der Waals surface area contributed by atoms with Gasteiger partial charge in [-0.25, -0.2) is 13.1 Å². The Morgan fingerprint density at radius 3 is 2.32 bits per heavy atom. The van der Waals surface area contributed by atoms with Crippen LogP contribution in [0.4, 0.5) is 18.9 Å². The maximum atomic E-state index is 12.6. The molecule has 1 rings (SSSR count). The van der Waals surface area contributed by atoms with Crippen LogP contribution in [0.1, 0.15) is 6.92 Å². The lowest BCUT2D eigenvalue weighted by atomic mass is 10.1. The Kier molecular flexibility index (Phi) is 6.05. The number of aliphatic hydroxyl groups is 1. The van der Waals surface area contributed by atoms with E-state index >= 15 is 0 Å². The smallest absolute Gasteiger partial charge is 0.373 e. The predicted molar refractivity (Wildman–Crippen MR) is 81.1 cm³/mol. The average Bonchev–Trinajstić information content (AvgIpc) is 2.47. The Morgan fingerprint density at radius 1 is 1.32 bits per heavy atom. The van der Waals surface area contributed by atoms with Crippen molar-refractivity contribution in [3.63, 3.8) is 0 Å². The number of nitrogens with two attached hydrogens (primary N) is 1. The molecule has 0 saturated carbocycles. The maximum Gasteiger partial charge on any atom is 0.426 e. The Bertz CT molecular complexity index is 796. The highest BCUT2D eigenvalue weighted by Gasteiger charge is 2.55. The van der Waals surface area contributed by atoms with Gasteiger partial charge in [-0.2, -0.15) is 13.2 Å². The van der Waals surface area contributed by atoms with Crippen molar-refractivity contribution in [1.29, 1.82) is 0 Å². The van der Waals surface area contributed by atoms with Gasteiger partial charge in [-0.05, 0) is 25.1 Å². The van der Waals surface area contributed by atoms with Crippen LogP contribution in [-0.2, 0) is 19.6 Å². The number of sulfonamides is 1. The minimum Gasteiger partial charge on any atom is -0.373 e. The first-order chi connectivity index (χ1) is 11.2. The summed E-state index contributed by atoms with van der Waals surface area (Å²) in [5.74, 6) is -2.80. The number of carbonyl (C=O) groups is 2. The zero-order valence-corrected chi connectivity index (χ0v) is 14.1. The van der Waals surface area contributed by atoms with Crippen molar-refractivity contribution in [2.24, 2.45) is 5.73 Å². The van der Waals surface area contributed by atoms with Crippen molar-refractivity contribution >= 4 is 39.1 Å². The molecule has 0 heterocycles. The van der Waals surface area contributed by atoms with Gasteiger partial charge in [0, 0.05) is 0 Å². The van der Waals surface area contributed by atoms with E-state index in [9.17, 15) is 36.3 Å². The third-order valence-corrected chi connectivity index (χ3v) is 4.61. The summed E-state index contributed by atoms with van der Waals surface area (Å²) in [4.78, 5) is 22.1. The average molecular weight is 404 g/mol. The van der Waals surface area contributed by atoms with Gasteiger partial charge in [-0.3, -0.25) is 9.59 Å². The number of nitrogens with one attached hydrogen (secondary N) is 2. The zero-order valence-electron chi connectivity index (χ0n) is 12.5. The molecule has 0 saturated heterocycles. The molecule has 140 valence electrons. The van der Waals surface area contributed by atoms with Crippen LogP contribution in [0.15, 0.2) is 23.1 Å². The Hall–Kier alpha value is -1.89. The molecule has 25 heavy (non-hydrogen) atoms. The van der Waals surface area contributed by atoms with Crippen LogP contribution in [0.3, 0.4) is 0 Å². The van der Waals surface area contributed by atoms with Gasteiger partial charge in [-0.15, -0.1) is 0 Å². The highest BCUT2D eigenvalue weighted by atomic mass is 35.5. The number of amides is 2. The fourth-order valence-corrected chi connectivity index (χ4v) is 2.70. The third kappa shape index (κ3) is 4.81. The summed E-state index contributed by atoms with van der Waals surface area (Å²) in [5.41, 5.74) is 0.917. The normalized spacial score (nSPS) is 14.5. The van der Waals surface area contributed by atoms with E-state index in [2.05, 4.69) is 0 Å². The van der Waals surface area contributed by atoms with Crippen molar-refractivity contribution in [2.75, 3.05) is 11.9 Å². The third-order valence-electron chi connectivity index (χ3n) is 2.93. The molecule has 0 aliphatic rings. The first-order valence-electron chi connectivity index (χ1n) is 6.38. The van der Waals surface area contributed by atoms with E-state index in [1.165, 1.54) is 0 Å². The molecular formula is C12H13ClF3N3O5S. The minimum atomic E-state index is -5.24. The van der Waals surface area contributed by atoms with Crippen molar-refractivity contribution in [3.05, 3.63) is 23.2 Å². The molecule has 13 heteroatoms. The summed E-state index contributed by atoms with van der Waals surface area (Å²) < 4.78 is 63.1. The topological polar surface area (TPSA) is 139 Å². The number of carbonyl (C=O) groups excluding carboxylic acids is 2. The molecule has 1 atom stereocenters. The van der Waals surface area contributed by atoms with Gasteiger partial charge in [0.15, 0.2) is 0 Å². The van der Waals surface area contributed by atoms with Gasteiger partial charge >= 0.3 is 6.18 Å². The van der Waals surface area contributed by atoms with Crippen molar-refractivity contribution < 1.29 is 36.3 Å². The van der Waals surface area contributed by atoms with Gasteiger partial charge < -0.3 is 16.2 Å². The predicted octanol–water partition coefficient (Wildman–Crippen LogP) is 0.355. The van der Waals surface area contributed by atoms with Crippen LogP contribution in [0, 0.1) is 0 Å². The second-order valence-corrected chi connectivity index (χ2v) is 6.99. The molecule has 8 nitrogen and oxygen atoms in total. The summed E-state index contributed by atoms with van der Waals surface area (Å²) in [6.45, 7) is -0.342. The monoisotopic (exact) mass is 403 g/mol. The molecule has 1 aromatic rings. The molecule has 0 aromatic heterocycles. The van der Waals surface area contributed by atoms with E-state index in [1.54, 1.807) is 10.0 Å². The highest BCUT2D eigenvalue weighted by molar-refractivity contribution is 7.90. The summed E-state index contributed by atoms with van der Waals surface area (Å²) in [7, 11) is -4.30. The largest absolute Gasteiger partial charge is 0.426 e. The fraction of sp³-hybridized carbons (Fsp3) is 0.333. The maximum absolute atomic E-state index is 12.6. The van der Waals surface area contributed by atoms with Crippen molar-refractivity contribution in [2.45, 2.75) is 23.6 Å². The molecule has 0 bridgehead atoms. The molecule has 0 aliphatic carbocycles. The number of hydrogen-bond acceptors (Lipinski definition) is 6. The van der Waals surface area contributed by atoms with Gasteiger partial charge in [0.05, 0.1) is 22.2 Å². The molecule has 5 N–H and O–H groups in total. The zero-order chi connectivity index (χ0) is 19.6. The van der Waals surface area contributed by atoms with Crippen molar-refractivity contribution in [3.8, 4) is 0 Å². The first-order valence-corrected chi connectivity index (χ1v) is 8.24. The lowest BCUT2D eigenvalue weighted by Gasteiger charge is -2.25. The number of hydrogen-bond donors (Lipinski definition) is 4. The number of anilines is 1. The number of alkyl halides is 3. The minimum absolute atomic E-state index is 0.247. The second-order valence-electron chi connectivity index (χ2n) is 4.90. The van der Waals surface area contributed by atoms with E-state index in [0.717, 1.165) is 18.2 Å². The SMILES string of the molecule is CC(O)(C(=O)Nc1ccc(S(=O)(=O)NC(=O)CN)cc1Cl)C(F)(F)F. The molecule has 0 aliphatic heterocycles. The van der Waals surface area contributed by atoms with Crippen LogP contribution in [0.2, 0.25) is 5.02 Å². The summed E-state index contributed by atoms with van der Waals surface area (Å²) in [5, 5.41) is 10.6. The second kappa shape index (κ2) is 7.15. The van der Waals surface area contributed by atoms with E-state index in [4.69, 9.17) is 17.3 Å². The van der Waals surface area contributed by atoms with Gasteiger partial charge in [0.25, 0.3) is 15.9 Å². The van der Waals surface area contributed by atoms with Crippen molar-refractivity contribution in [1.82, 2.24) is 4.72 Å². The van der Waals surface area contributed by atoms with Crippen LogP contribution < -0.4 is 15.8 Å². The van der Waals surface area contributed by atoms with Crippen LogP contribution in [0.5, 0.6) is 0 Å². The Morgan fingerprint density at radius 2 is 1.88 bits per heavy atom. The number of rotatable bonds is 5. The molecule has 1 unspecified atom stereocenters. The summed E-state index contributed by atoms with van der Waals surface area (Å²) in [6.07, 6.45) is -5.24. The van der Waals surface area contributed by atoms with E-state index in [0.29, 0.717) is 0 Å². The molecular weight excluding hydrogens is 391 g/mol. The standard InChI is InChI=1S/C12H13ClF3N3O5S/c1-11(22,12(14,15)16)10(21)18-8-3-2-6(4-7(8)13)25(23,24)19-9(20)5-17/h2-4,22H,5,17H2,1H3,(H,18,21)(H,19,20). The summed E-state index contributed by atoms with van der Waals surface area (Å²) in [6, 6.07) is 2.58. The van der Waals surface area contributed by atoms with Crippen LogP contribution >= 0.6 is 11.6 Å². The molecule has 2 amide bonds. The molecule has 0 radical (unpaired) electrons. The Balaban J connectivity index is 3.08. The molecule has 0 spiro atoms. The first kappa shape index (κ1) is 21.2.